The molecule has 0 radical (unpaired) electrons. The Hall–Kier alpha value is -2.65. The molecular formula is C23H29Cl2FN4O4. The number of carbonyl (C=O) groups is 4. The van der Waals surface area contributed by atoms with Crippen LogP contribution in [0.5, 0.6) is 0 Å². The Bertz CT molecular complexity index is 922. The molecule has 0 bridgehead atoms. The third-order valence-electron chi connectivity index (χ3n) is 5.55. The van der Waals surface area contributed by atoms with Gasteiger partial charge >= 0.3 is 0 Å². The van der Waals surface area contributed by atoms with Crippen LogP contribution in [0.2, 0.25) is 5.02 Å². The van der Waals surface area contributed by atoms with Crippen molar-refractivity contribution in [3.8, 4) is 0 Å². The van der Waals surface area contributed by atoms with Crippen LogP contribution >= 0.6 is 23.2 Å². The molecule has 0 heterocycles. The highest BCUT2D eigenvalue weighted by Gasteiger charge is 2.28. The first-order chi connectivity index (χ1) is 16.2. The summed E-state index contributed by atoms with van der Waals surface area (Å²) in [6.45, 7) is -0.146. The molecule has 0 saturated heterocycles. The topological polar surface area (TPSA) is 122 Å². The van der Waals surface area contributed by atoms with Gasteiger partial charge in [0.1, 0.15) is 17.7 Å². The Morgan fingerprint density at radius 2 is 1.91 bits per heavy atom. The van der Waals surface area contributed by atoms with E-state index in [4.69, 9.17) is 28.9 Å². The number of hydrogen-bond donors (Lipinski definition) is 3. The zero-order chi connectivity index (χ0) is 25.1. The third kappa shape index (κ3) is 9.30. The number of alkyl halides is 1. The van der Waals surface area contributed by atoms with Crippen LogP contribution in [0.15, 0.2) is 24.3 Å². The number of nitrogens with one attached hydrogen (secondary N) is 2. The van der Waals surface area contributed by atoms with Crippen LogP contribution in [0.3, 0.4) is 0 Å². The van der Waals surface area contributed by atoms with Crippen LogP contribution in [0.1, 0.15) is 50.5 Å². The quantitative estimate of drug-likeness (QED) is 0.252. The molecule has 1 saturated carbocycles. The Labute approximate surface area is 208 Å². The summed E-state index contributed by atoms with van der Waals surface area (Å²) in [6, 6.07) is 3.11. The third-order valence-corrected chi connectivity index (χ3v) is 6.01. The van der Waals surface area contributed by atoms with Gasteiger partial charge in [-0.2, -0.15) is 0 Å². The second-order valence-corrected chi connectivity index (χ2v) is 8.88. The summed E-state index contributed by atoms with van der Waals surface area (Å²) in [7, 11) is 0. The van der Waals surface area contributed by atoms with E-state index in [0.717, 1.165) is 49.3 Å². The van der Waals surface area contributed by atoms with Crippen LogP contribution in [0, 0.1) is 11.7 Å². The lowest BCUT2D eigenvalue weighted by molar-refractivity contribution is -0.141. The second kappa shape index (κ2) is 13.9. The van der Waals surface area contributed by atoms with Gasteiger partial charge in [-0.05, 0) is 30.5 Å². The first kappa shape index (κ1) is 27.6. The average molecular weight is 515 g/mol. The molecule has 4 N–H and O–H groups in total. The maximum absolute atomic E-state index is 14.0. The van der Waals surface area contributed by atoms with Gasteiger partial charge in [0.25, 0.3) is 11.8 Å². The van der Waals surface area contributed by atoms with E-state index in [1.54, 1.807) is 0 Å². The van der Waals surface area contributed by atoms with E-state index in [1.165, 1.54) is 18.2 Å². The summed E-state index contributed by atoms with van der Waals surface area (Å²) in [5.74, 6) is -3.24. The van der Waals surface area contributed by atoms with Gasteiger partial charge in [0.15, 0.2) is 0 Å². The van der Waals surface area contributed by atoms with Gasteiger partial charge in [-0.25, -0.2) is 4.39 Å². The molecule has 186 valence electrons. The highest BCUT2D eigenvalue weighted by Crippen LogP contribution is 2.27. The predicted molar refractivity (Wildman–Crippen MR) is 128 cm³/mol. The van der Waals surface area contributed by atoms with Crippen molar-refractivity contribution in [3.05, 3.63) is 40.7 Å². The summed E-state index contributed by atoms with van der Waals surface area (Å²) in [4.78, 5) is 48.8. The molecule has 1 aliphatic rings. The minimum Gasteiger partial charge on any atom is -0.370 e. The Kier molecular flexibility index (Phi) is 11.3. The van der Waals surface area contributed by atoms with E-state index >= 15 is 0 Å². The van der Waals surface area contributed by atoms with Gasteiger partial charge in [-0.15, -0.1) is 11.6 Å². The largest absolute Gasteiger partial charge is 0.370 e. The fraction of sp³-hybridized carbons (Fsp3) is 0.478. The van der Waals surface area contributed by atoms with Gasteiger partial charge in [0.2, 0.25) is 11.8 Å². The average Bonchev–Trinajstić information content (AvgIpc) is 2.80. The normalized spacial score (nSPS) is 15.0. The number of primary amides is 1. The van der Waals surface area contributed by atoms with Crippen molar-refractivity contribution in [2.45, 2.75) is 51.0 Å². The molecule has 11 heteroatoms. The molecule has 2 rings (SSSR count). The van der Waals surface area contributed by atoms with E-state index in [1.807, 2.05) is 0 Å². The maximum atomic E-state index is 14.0. The maximum Gasteiger partial charge on any atom is 0.261 e. The summed E-state index contributed by atoms with van der Waals surface area (Å²) < 4.78 is 14.0. The van der Waals surface area contributed by atoms with Gasteiger partial charge in [0.05, 0.1) is 6.54 Å². The van der Waals surface area contributed by atoms with Crippen LogP contribution in [0.25, 0.3) is 6.08 Å². The highest BCUT2D eigenvalue weighted by atomic mass is 35.5. The molecule has 0 spiro atoms. The molecule has 0 aliphatic heterocycles. The number of rotatable bonds is 10. The number of carbonyl (C=O) groups excluding carboxylic acids is 4. The lowest BCUT2D eigenvalue weighted by Crippen LogP contribution is -2.55. The van der Waals surface area contributed by atoms with Gasteiger partial charge < -0.3 is 11.1 Å². The first-order valence-corrected chi connectivity index (χ1v) is 12.0. The van der Waals surface area contributed by atoms with E-state index in [0.29, 0.717) is 6.42 Å². The zero-order valence-electron chi connectivity index (χ0n) is 18.7. The molecular weight excluding hydrogens is 486 g/mol. The molecule has 1 fully saturated rings. The van der Waals surface area contributed by atoms with E-state index in [-0.39, 0.29) is 29.5 Å². The number of nitrogens with two attached hydrogens (primary N) is 1. The lowest BCUT2D eigenvalue weighted by Gasteiger charge is -2.29. The van der Waals surface area contributed by atoms with Crippen molar-refractivity contribution in [1.82, 2.24) is 15.8 Å². The Morgan fingerprint density at radius 3 is 2.53 bits per heavy atom. The minimum atomic E-state index is -0.950. The van der Waals surface area contributed by atoms with Gasteiger partial charge in [0, 0.05) is 23.1 Å². The summed E-state index contributed by atoms with van der Waals surface area (Å²) in [5.41, 5.74) is 7.75. The van der Waals surface area contributed by atoms with E-state index in [9.17, 15) is 23.6 Å². The molecule has 1 aliphatic carbocycles. The van der Waals surface area contributed by atoms with Crippen molar-refractivity contribution in [2.24, 2.45) is 11.7 Å². The van der Waals surface area contributed by atoms with Gasteiger partial charge in [-0.3, -0.25) is 29.6 Å². The van der Waals surface area contributed by atoms with Crippen LogP contribution < -0.4 is 16.5 Å². The first-order valence-electron chi connectivity index (χ1n) is 11.1. The smallest absolute Gasteiger partial charge is 0.261 e. The lowest BCUT2D eigenvalue weighted by atomic mass is 9.84. The molecule has 4 amide bonds. The Balaban J connectivity index is 2.12. The van der Waals surface area contributed by atoms with Crippen molar-refractivity contribution in [2.75, 3.05) is 12.4 Å². The molecule has 1 atom stereocenters. The van der Waals surface area contributed by atoms with Crippen molar-refractivity contribution in [1.29, 1.82) is 0 Å². The summed E-state index contributed by atoms with van der Waals surface area (Å²) in [5, 5.41) is 3.81. The van der Waals surface area contributed by atoms with Crippen LogP contribution in [0.4, 0.5) is 4.39 Å². The van der Waals surface area contributed by atoms with Crippen LogP contribution in [-0.4, -0.2) is 47.1 Å². The zero-order valence-corrected chi connectivity index (χ0v) is 20.2. The predicted octanol–water partition coefficient (Wildman–Crippen LogP) is 2.92. The Morgan fingerprint density at radius 1 is 1.21 bits per heavy atom. The molecule has 0 aromatic heterocycles. The fourth-order valence-electron chi connectivity index (χ4n) is 3.76. The SMILES string of the molecule is NC(=O)CCN(NC(=O)[C@@H](CC1CCCCC1)NC(=O)/C=C/c1ccc(Cl)cc1F)C(=O)CCl. The van der Waals surface area contributed by atoms with Crippen molar-refractivity contribution < 1.29 is 23.6 Å². The molecule has 1 aromatic carbocycles. The van der Waals surface area contributed by atoms with Crippen molar-refractivity contribution in [3.63, 3.8) is 0 Å². The summed E-state index contributed by atoms with van der Waals surface area (Å²) >= 11 is 11.4. The summed E-state index contributed by atoms with van der Waals surface area (Å²) in [6.07, 6.45) is 7.68. The monoisotopic (exact) mass is 514 g/mol. The van der Waals surface area contributed by atoms with Crippen molar-refractivity contribution >= 4 is 52.9 Å². The van der Waals surface area contributed by atoms with E-state index < -0.39 is 41.4 Å². The highest BCUT2D eigenvalue weighted by molar-refractivity contribution is 6.30. The number of hydrogen-bond acceptors (Lipinski definition) is 4. The van der Waals surface area contributed by atoms with Crippen LogP contribution in [-0.2, 0) is 19.2 Å². The van der Waals surface area contributed by atoms with E-state index in [2.05, 4.69) is 10.7 Å². The number of amides is 4. The number of halogens is 3. The number of nitrogens with zero attached hydrogens (tertiary/aromatic N) is 1. The molecule has 8 nitrogen and oxygen atoms in total. The molecule has 34 heavy (non-hydrogen) atoms. The fourth-order valence-corrected chi connectivity index (χ4v) is 4.06. The standard InChI is InChI=1S/C23H29Cl2FN4O4/c24-14-22(33)30(11-10-20(27)31)29-23(34)19(12-15-4-2-1-3-5-15)28-21(32)9-7-16-6-8-17(25)13-18(16)26/h6-9,13,15,19H,1-5,10-12,14H2,(H2,27,31)(H,28,32)(H,29,34)/b9-7+/t19-/m1/s1. The minimum absolute atomic E-state index is 0.146. The molecule has 0 unspecified atom stereocenters. The number of hydrazine groups is 1. The molecule has 1 aromatic rings. The van der Waals surface area contributed by atoms with Gasteiger partial charge in [-0.1, -0.05) is 49.8 Å². The second-order valence-electron chi connectivity index (χ2n) is 8.17. The number of benzene rings is 1.